The van der Waals surface area contributed by atoms with Crippen molar-refractivity contribution < 1.29 is 19.4 Å². The molecule has 0 fully saturated rings. The Labute approximate surface area is 165 Å². The summed E-state index contributed by atoms with van der Waals surface area (Å²) < 4.78 is 5.62. The molecule has 1 atom stereocenters. The predicted octanol–water partition coefficient (Wildman–Crippen LogP) is 2.44. The standard InChI is InChI=1S/C18H15Cl2N3O4/c1-8-3-14(25)17(23-22-8)10-4-12(19)18(13(20)5-10)27-16-6-11(9(2)24)15(26)7-21-16/h4-6,9,22,24H,1,3,7H2,2H3. The van der Waals surface area contributed by atoms with E-state index in [0.29, 0.717) is 11.3 Å². The normalized spacial score (nSPS) is 18.4. The molecule has 7 nitrogen and oxygen atoms in total. The number of ether oxygens (including phenoxy) is 1. The number of hydrogen-bond donors (Lipinski definition) is 2. The number of aliphatic imine (C=N–C) groups is 1. The molecule has 2 aliphatic rings. The first-order chi connectivity index (χ1) is 12.8. The number of dihydropyridines is 1. The van der Waals surface area contributed by atoms with Crippen LogP contribution in [-0.2, 0) is 9.59 Å². The number of carbonyl (C=O) groups is 2. The fourth-order valence-electron chi connectivity index (χ4n) is 2.55. The number of Topliss-reactive ketones (excluding diaryl/α,β-unsaturated/α-hetero) is 2. The lowest BCUT2D eigenvalue weighted by Crippen LogP contribution is -2.27. The van der Waals surface area contributed by atoms with E-state index in [0.717, 1.165) is 0 Å². The summed E-state index contributed by atoms with van der Waals surface area (Å²) in [6.45, 7) is 5.00. The number of aliphatic hydroxyl groups is 1. The Morgan fingerprint density at radius 2 is 1.93 bits per heavy atom. The van der Waals surface area contributed by atoms with E-state index in [1.165, 1.54) is 25.1 Å². The number of carbonyl (C=O) groups excluding carboxylic acids is 2. The van der Waals surface area contributed by atoms with E-state index in [1.54, 1.807) is 0 Å². The molecule has 2 N–H and O–H groups in total. The zero-order chi connectivity index (χ0) is 19.7. The molecule has 0 saturated carbocycles. The molecular weight excluding hydrogens is 393 g/mol. The van der Waals surface area contributed by atoms with Crippen molar-refractivity contribution in [2.45, 2.75) is 19.4 Å². The summed E-state index contributed by atoms with van der Waals surface area (Å²) in [7, 11) is 0. The van der Waals surface area contributed by atoms with Gasteiger partial charge in [-0.15, -0.1) is 0 Å². The van der Waals surface area contributed by atoms with E-state index in [2.05, 4.69) is 22.1 Å². The Bertz CT molecular complexity index is 925. The molecule has 1 aromatic carbocycles. The summed E-state index contributed by atoms with van der Waals surface area (Å²) in [6, 6.07) is 3.01. The second-order valence-electron chi connectivity index (χ2n) is 6.00. The van der Waals surface area contributed by atoms with E-state index < -0.39 is 6.10 Å². The maximum atomic E-state index is 12.1. The summed E-state index contributed by atoms with van der Waals surface area (Å²) in [6.07, 6.45) is 0.531. The fourth-order valence-corrected chi connectivity index (χ4v) is 3.12. The molecule has 1 aromatic rings. The van der Waals surface area contributed by atoms with Gasteiger partial charge < -0.3 is 9.84 Å². The van der Waals surface area contributed by atoms with Crippen LogP contribution in [0.4, 0.5) is 0 Å². The summed E-state index contributed by atoms with van der Waals surface area (Å²) in [5.74, 6) is -0.268. The minimum Gasteiger partial charge on any atom is -0.436 e. The van der Waals surface area contributed by atoms with Crippen LogP contribution in [0, 0.1) is 0 Å². The summed E-state index contributed by atoms with van der Waals surface area (Å²) in [5, 5.41) is 13.9. The van der Waals surface area contributed by atoms with E-state index >= 15 is 0 Å². The number of nitrogens with one attached hydrogen (secondary N) is 1. The fraction of sp³-hybridized carbons (Fsp3) is 0.222. The van der Waals surface area contributed by atoms with Crippen molar-refractivity contribution in [1.82, 2.24) is 5.43 Å². The van der Waals surface area contributed by atoms with Gasteiger partial charge in [-0.2, -0.15) is 5.10 Å². The number of nitrogens with zero attached hydrogens (tertiary/aromatic N) is 2. The highest BCUT2D eigenvalue weighted by Gasteiger charge is 2.24. The molecule has 140 valence electrons. The van der Waals surface area contributed by atoms with Crippen molar-refractivity contribution in [3.8, 4) is 5.75 Å². The second kappa shape index (κ2) is 7.64. The minimum absolute atomic E-state index is 0.103. The van der Waals surface area contributed by atoms with E-state index in [-0.39, 0.29) is 57.5 Å². The van der Waals surface area contributed by atoms with Crippen molar-refractivity contribution in [3.63, 3.8) is 0 Å². The van der Waals surface area contributed by atoms with Gasteiger partial charge in [-0.1, -0.05) is 29.8 Å². The van der Waals surface area contributed by atoms with Gasteiger partial charge in [0.1, 0.15) is 12.3 Å². The molecule has 3 rings (SSSR count). The lowest BCUT2D eigenvalue weighted by Gasteiger charge is -2.17. The number of allylic oxidation sites excluding steroid dienone is 1. The Hall–Kier alpha value is -2.48. The summed E-state index contributed by atoms with van der Waals surface area (Å²) >= 11 is 12.5. The molecule has 1 unspecified atom stereocenters. The maximum absolute atomic E-state index is 12.1. The summed E-state index contributed by atoms with van der Waals surface area (Å²) in [4.78, 5) is 27.9. The van der Waals surface area contributed by atoms with Gasteiger partial charge in [-0.05, 0) is 19.1 Å². The van der Waals surface area contributed by atoms with E-state index in [4.69, 9.17) is 27.9 Å². The third kappa shape index (κ3) is 4.10. The SMILES string of the molecule is C=C1CC(=O)C(c2cc(Cl)c(OC3=NCC(=O)C(C(C)O)=C3)c(Cl)c2)=NN1. The molecule has 0 aromatic heterocycles. The number of hydrazone groups is 1. The monoisotopic (exact) mass is 407 g/mol. The van der Waals surface area contributed by atoms with Gasteiger partial charge in [0.05, 0.1) is 22.6 Å². The quantitative estimate of drug-likeness (QED) is 0.801. The van der Waals surface area contributed by atoms with Crippen LogP contribution in [0.3, 0.4) is 0 Å². The highest BCUT2D eigenvalue weighted by Crippen LogP contribution is 2.35. The summed E-state index contributed by atoms with van der Waals surface area (Å²) in [5.41, 5.74) is 3.99. The van der Waals surface area contributed by atoms with Crippen molar-refractivity contribution in [2.24, 2.45) is 10.1 Å². The van der Waals surface area contributed by atoms with Gasteiger partial charge in [-0.25, -0.2) is 4.99 Å². The highest BCUT2D eigenvalue weighted by atomic mass is 35.5. The lowest BCUT2D eigenvalue weighted by atomic mass is 10.0. The van der Waals surface area contributed by atoms with Crippen molar-refractivity contribution in [1.29, 1.82) is 0 Å². The van der Waals surface area contributed by atoms with Crippen LogP contribution in [0.15, 0.2) is 46.2 Å². The zero-order valence-electron chi connectivity index (χ0n) is 14.3. The molecule has 9 heteroatoms. The van der Waals surface area contributed by atoms with Crippen LogP contribution in [-0.4, -0.2) is 40.9 Å². The van der Waals surface area contributed by atoms with Crippen molar-refractivity contribution in [3.05, 3.63) is 51.7 Å². The van der Waals surface area contributed by atoms with Crippen LogP contribution in [0.5, 0.6) is 5.75 Å². The molecule has 0 amide bonds. The number of rotatable bonds is 3. The molecule has 0 bridgehead atoms. The number of ketones is 2. The molecular formula is C18H15Cl2N3O4. The topological polar surface area (TPSA) is 100 Å². The maximum Gasteiger partial charge on any atom is 0.215 e. The third-order valence-electron chi connectivity index (χ3n) is 3.87. The molecule has 27 heavy (non-hydrogen) atoms. The number of hydrogen-bond acceptors (Lipinski definition) is 7. The first-order valence-corrected chi connectivity index (χ1v) is 8.71. The van der Waals surface area contributed by atoms with Gasteiger partial charge in [-0.3, -0.25) is 15.0 Å². The minimum atomic E-state index is -0.947. The number of aliphatic hydroxyl groups excluding tert-OH is 1. The molecule has 0 radical (unpaired) electrons. The smallest absolute Gasteiger partial charge is 0.215 e. The first kappa shape index (κ1) is 19.3. The molecule has 0 spiro atoms. The number of benzene rings is 1. The van der Waals surface area contributed by atoms with Gasteiger partial charge in [0.2, 0.25) is 5.90 Å². The van der Waals surface area contributed by atoms with E-state index in [9.17, 15) is 14.7 Å². The van der Waals surface area contributed by atoms with Crippen LogP contribution in [0.25, 0.3) is 0 Å². The lowest BCUT2D eigenvalue weighted by molar-refractivity contribution is -0.115. The van der Waals surface area contributed by atoms with Crippen LogP contribution in [0.1, 0.15) is 18.9 Å². The first-order valence-electron chi connectivity index (χ1n) is 7.95. The third-order valence-corrected chi connectivity index (χ3v) is 4.43. The largest absolute Gasteiger partial charge is 0.436 e. The van der Waals surface area contributed by atoms with Crippen LogP contribution < -0.4 is 10.2 Å². The van der Waals surface area contributed by atoms with Crippen molar-refractivity contribution in [2.75, 3.05) is 6.54 Å². The highest BCUT2D eigenvalue weighted by molar-refractivity contribution is 6.48. The average Bonchev–Trinajstić information content (AvgIpc) is 2.59. The van der Waals surface area contributed by atoms with E-state index in [1.807, 2.05) is 0 Å². The Balaban J connectivity index is 1.90. The Kier molecular flexibility index (Phi) is 5.46. The molecule has 2 heterocycles. The van der Waals surface area contributed by atoms with Gasteiger partial charge >= 0.3 is 0 Å². The Morgan fingerprint density at radius 3 is 2.52 bits per heavy atom. The molecule has 2 aliphatic heterocycles. The van der Waals surface area contributed by atoms with Crippen LogP contribution in [0.2, 0.25) is 10.0 Å². The van der Waals surface area contributed by atoms with Gasteiger partial charge in [0.15, 0.2) is 17.3 Å². The van der Waals surface area contributed by atoms with Crippen molar-refractivity contribution >= 4 is 46.4 Å². The predicted molar refractivity (Wildman–Crippen MR) is 103 cm³/mol. The van der Waals surface area contributed by atoms with Crippen LogP contribution >= 0.6 is 23.2 Å². The van der Waals surface area contributed by atoms with Gasteiger partial charge in [0, 0.05) is 22.9 Å². The molecule has 0 aliphatic carbocycles. The average molecular weight is 408 g/mol. The van der Waals surface area contributed by atoms with Gasteiger partial charge in [0.25, 0.3) is 0 Å². The zero-order valence-corrected chi connectivity index (χ0v) is 15.8. The number of halogens is 2. The second-order valence-corrected chi connectivity index (χ2v) is 6.81. The Morgan fingerprint density at radius 1 is 1.26 bits per heavy atom. The molecule has 0 saturated heterocycles.